The summed E-state index contributed by atoms with van der Waals surface area (Å²) in [5, 5.41) is 19.6. The molecule has 0 radical (unpaired) electrons. The van der Waals surface area contributed by atoms with E-state index in [1.807, 2.05) is 18.2 Å². The highest BCUT2D eigenvalue weighted by Crippen LogP contribution is 2.30. The zero-order valence-electron chi connectivity index (χ0n) is 9.93. The Kier molecular flexibility index (Phi) is 3.92. The zero-order chi connectivity index (χ0) is 12.4. The number of aliphatic hydroxyl groups is 2. The maximum atomic E-state index is 9.48. The Morgan fingerprint density at radius 3 is 2.53 bits per heavy atom. The third-order valence-electron chi connectivity index (χ3n) is 3.26. The van der Waals surface area contributed by atoms with Crippen molar-refractivity contribution in [3.05, 3.63) is 28.8 Å². The van der Waals surface area contributed by atoms with Crippen LogP contribution in [-0.4, -0.2) is 29.4 Å². The maximum Gasteiger partial charge on any atom is 0.0762 e. The van der Waals surface area contributed by atoms with Gasteiger partial charge in [0.05, 0.1) is 22.9 Å². The van der Waals surface area contributed by atoms with Crippen LogP contribution in [0.5, 0.6) is 0 Å². The van der Waals surface area contributed by atoms with Gasteiger partial charge in [-0.15, -0.1) is 0 Å². The molecule has 1 fully saturated rings. The molecule has 1 saturated heterocycles. The molecule has 0 amide bonds. The molecule has 4 heteroatoms. The minimum absolute atomic E-state index is 0.179. The molecule has 2 rings (SSSR count). The molecule has 17 heavy (non-hydrogen) atoms. The number of aliphatic hydroxyl groups excluding tert-OH is 2. The number of anilines is 1. The van der Waals surface area contributed by atoms with Crippen molar-refractivity contribution in [1.29, 1.82) is 0 Å². The Labute approximate surface area is 107 Å². The van der Waals surface area contributed by atoms with Gasteiger partial charge < -0.3 is 15.1 Å². The van der Waals surface area contributed by atoms with Crippen LogP contribution < -0.4 is 4.90 Å². The quantitative estimate of drug-likeness (QED) is 0.853. The third-order valence-corrected chi connectivity index (χ3v) is 3.56. The molecule has 0 bridgehead atoms. The van der Waals surface area contributed by atoms with Crippen LogP contribution in [0.1, 0.15) is 31.4 Å². The summed E-state index contributed by atoms with van der Waals surface area (Å²) in [6, 6.07) is 5.66. The highest BCUT2D eigenvalue weighted by atomic mass is 35.5. The van der Waals surface area contributed by atoms with Gasteiger partial charge in [0, 0.05) is 13.1 Å². The molecule has 0 unspecified atom stereocenters. The predicted octanol–water partition coefficient (Wildman–Crippen LogP) is 2.35. The molecular formula is C13H18ClNO2. The van der Waals surface area contributed by atoms with Gasteiger partial charge in [-0.2, -0.15) is 0 Å². The fourth-order valence-corrected chi connectivity index (χ4v) is 2.45. The van der Waals surface area contributed by atoms with E-state index in [-0.39, 0.29) is 6.10 Å². The van der Waals surface area contributed by atoms with E-state index in [0.717, 1.165) is 37.2 Å². The molecule has 1 aromatic rings. The number of piperidine rings is 1. The van der Waals surface area contributed by atoms with Gasteiger partial charge >= 0.3 is 0 Å². The van der Waals surface area contributed by atoms with E-state index in [0.29, 0.717) is 5.02 Å². The predicted molar refractivity (Wildman–Crippen MR) is 69.5 cm³/mol. The van der Waals surface area contributed by atoms with Gasteiger partial charge in [0.1, 0.15) is 0 Å². The average Bonchev–Trinajstić information content (AvgIpc) is 2.30. The fraction of sp³-hybridized carbons (Fsp3) is 0.538. The Morgan fingerprint density at radius 2 is 2.00 bits per heavy atom. The molecule has 2 N–H and O–H groups in total. The normalized spacial score (nSPS) is 19.4. The van der Waals surface area contributed by atoms with Crippen LogP contribution in [0.2, 0.25) is 5.02 Å². The van der Waals surface area contributed by atoms with Gasteiger partial charge in [-0.1, -0.05) is 17.7 Å². The Morgan fingerprint density at radius 1 is 1.35 bits per heavy atom. The molecule has 1 aliphatic heterocycles. The molecular weight excluding hydrogens is 238 g/mol. The summed E-state index contributed by atoms with van der Waals surface area (Å²) in [6.07, 6.45) is 0.898. The van der Waals surface area contributed by atoms with Gasteiger partial charge in [-0.3, -0.25) is 0 Å². The summed E-state index contributed by atoms with van der Waals surface area (Å²) in [7, 11) is 0. The minimum atomic E-state index is -0.496. The van der Waals surface area contributed by atoms with E-state index in [2.05, 4.69) is 4.90 Å². The second-order valence-electron chi connectivity index (χ2n) is 4.61. The third kappa shape index (κ3) is 2.92. The van der Waals surface area contributed by atoms with Crippen LogP contribution in [0.4, 0.5) is 5.69 Å². The molecule has 1 heterocycles. The number of rotatable bonds is 2. The SMILES string of the molecule is C[C@H](O)c1ccc(N2CCC(O)CC2)c(Cl)c1. The lowest BCUT2D eigenvalue weighted by Gasteiger charge is -2.32. The lowest BCUT2D eigenvalue weighted by Crippen LogP contribution is -2.35. The number of benzene rings is 1. The van der Waals surface area contributed by atoms with Gasteiger partial charge in [0.15, 0.2) is 0 Å². The number of hydrogen-bond donors (Lipinski definition) is 2. The Bertz CT molecular complexity index is 387. The minimum Gasteiger partial charge on any atom is -0.393 e. The van der Waals surface area contributed by atoms with Crippen LogP contribution in [0.15, 0.2) is 18.2 Å². The summed E-state index contributed by atoms with van der Waals surface area (Å²) in [6.45, 7) is 3.38. The van der Waals surface area contributed by atoms with Gasteiger partial charge in [0.25, 0.3) is 0 Å². The second-order valence-corrected chi connectivity index (χ2v) is 5.01. The topological polar surface area (TPSA) is 43.7 Å². The molecule has 94 valence electrons. The number of halogens is 1. The van der Waals surface area contributed by atoms with E-state index in [9.17, 15) is 10.2 Å². The summed E-state index contributed by atoms with van der Waals surface area (Å²) < 4.78 is 0. The Hall–Kier alpha value is -0.770. The summed E-state index contributed by atoms with van der Waals surface area (Å²) in [5.74, 6) is 0. The summed E-state index contributed by atoms with van der Waals surface area (Å²) in [4.78, 5) is 2.18. The van der Waals surface area contributed by atoms with Crippen molar-refractivity contribution in [3.8, 4) is 0 Å². The van der Waals surface area contributed by atoms with Gasteiger partial charge in [-0.25, -0.2) is 0 Å². The van der Waals surface area contributed by atoms with Crippen molar-refractivity contribution in [2.75, 3.05) is 18.0 Å². The smallest absolute Gasteiger partial charge is 0.0762 e. The first-order valence-electron chi connectivity index (χ1n) is 5.98. The van der Waals surface area contributed by atoms with Gasteiger partial charge in [0.2, 0.25) is 0 Å². The summed E-state index contributed by atoms with van der Waals surface area (Å²) >= 11 is 6.23. The van der Waals surface area contributed by atoms with E-state index < -0.39 is 6.10 Å². The molecule has 1 aromatic carbocycles. The number of hydrogen-bond acceptors (Lipinski definition) is 3. The van der Waals surface area contributed by atoms with Crippen LogP contribution in [-0.2, 0) is 0 Å². The van der Waals surface area contributed by atoms with E-state index in [4.69, 9.17) is 11.6 Å². The molecule has 3 nitrogen and oxygen atoms in total. The van der Waals surface area contributed by atoms with E-state index in [1.54, 1.807) is 6.92 Å². The van der Waals surface area contributed by atoms with Gasteiger partial charge in [-0.05, 0) is 37.5 Å². The molecule has 0 aliphatic carbocycles. The Balaban J connectivity index is 2.16. The molecule has 1 atom stereocenters. The standard InChI is InChI=1S/C13H18ClNO2/c1-9(16)10-2-3-13(12(14)8-10)15-6-4-11(17)5-7-15/h2-3,8-9,11,16-17H,4-7H2,1H3/t9-/m0/s1. The summed E-state index contributed by atoms with van der Waals surface area (Å²) in [5.41, 5.74) is 1.82. The lowest BCUT2D eigenvalue weighted by atomic mass is 10.1. The second kappa shape index (κ2) is 5.25. The molecule has 1 aliphatic rings. The fourth-order valence-electron chi connectivity index (χ4n) is 2.15. The largest absolute Gasteiger partial charge is 0.393 e. The molecule has 0 aromatic heterocycles. The van der Waals surface area contributed by atoms with E-state index in [1.165, 1.54) is 0 Å². The monoisotopic (exact) mass is 255 g/mol. The molecule has 0 spiro atoms. The van der Waals surface area contributed by atoms with Crippen molar-refractivity contribution in [1.82, 2.24) is 0 Å². The number of nitrogens with zero attached hydrogens (tertiary/aromatic N) is 1. The lowest BCUT2D eigenvalue weighted by molar-refractivity contribution is 0.145. The highest BCUT2D eigenvalue weighted by Gasteiger charge is 2.19. The highest BCUT2D eigenvalue weighted by molar-refractivity contribution is 6.33. The average molecular weight is 256 g/mol. The van der Waals surface area contributed by atoms with Crippen LogP contribution in [0, 0.1) is 0 Å². The first kappa shape index (κ1) is 12.7. The first-order chi connectivity index (χ1) is 8.08. The van der Waals surface area contributed by atoms with E-state index >= 15 is 0 Å². The van der Waals surface area contributed by atoms with Crippen molar-refractivity contribution in [2.45, 2.75) is 32.0 Å². The van der Waals surface area contributed by atoms with Crippen LogP contribution in [0.3, 0.4) is 0 Å². The van der Waals surface area contributed by atoms with Crippen molar-refractivity contribution in [2.24, 2.45) is 0 Å². The van der Waals surface area contributed by atoms with Crippen molar-refractivity contribution in [3.63, 3.8) is 0 Å². The molecule has 0 saturated carbocycles. The van der Waals surface area contributed by atoms with Crippen LogP contribution in [0.25, 0.3) is 0 Å². The zero-order valence-corrected chi connectivity index (χ0v) is 10.7. The van der Waals surface area contributed by atoms with Crippen molar-refractivity contribution < 1.29 is 10.2 Å². The maximum absolute atomic E-state index is 9.48. The first-order valence-corrected chi connectivity index (χ1v) is 6.36. The van der Waals surface area contributed by atoms with Crippen molar-refractivity contribution >= 4 is 17.3 Å². The van der Waals surface area contributed by atoms with Crippen LogP contribution >= 0.6 is 11.6 Å².